The van der Waals surface area contributed by atoms with Crippen molar-refractivity contribution in [2.24, 2.45) is 0 Å². The van der Waals surface area contributed by atoms with Gasteiger partial charge in [-0.15, -0.1) is 0 Å². The zero-order valence-electron chi connectivity index (χ0n) is 6.33. The van der Waals surface area contributed by atoms with E-state index in [1.165, 1.54) is 0 Å². The Labute approximate surface area is 62.3 Å². The molecule has 1 nitrogen and oxygen atoms in total. The molecule has 0 spiro atoms. The zero-order chi connectivity index (χ0) is 9.12. The van der Waals surface area contributed by atoms with Crippen molar-refractivity contribution < 1.29 is 22.3 Å². The molecule has 68 valence electrons. The van der Waals surface area contributed by atoms with Crippen LogP contribution in [-0.4, -0.2) is 18.6 Å². The predicted octanol–water partition coefficient (Wildman–Crippen LogP) is 2.66. The Morgan fingerprint density at radius 2 is 1.64 bits per heavy atom. The first-order chi connectivity index (χ1) is 4.81. The Balaban J connectivity index is 4.00. The van der Waals surface area contributed by atoms with Crippen LogP contribution in [0.25, 0.3) is 0 Å². The second-order valence-corrected chi connectivity index (χ2v) is 2.25. The van der Waals surface area contributed by atoms with Crippen molar-refractivity contribution in [1.82, 2.24) is 0 Å². The van der Waals surface area contributed by atoms with Gasteiger partial charge in [-0.2, -0.15) is 17.6 Å². The van der Waals surface area contributed by atoms with Crippen LogP contribution in [0.5, 0.6) is 0 Å². The lowest BCUT2D eigenvalue weighted by atomic mass is 10.3. The van der Waals surface area contributed by atoms with Crippen LogP contribution in [0.15, 0.2) is 0 Å². The minimum Gasteiger partial charge on any atom is -0.316 e. The third-order valence-electron chi connectivity index (χ3n) is 0.999. The molecule has 0 saturated heterocycles. The molecule has 0 amide bonds. The minimum absolute atomic E-state index is 0.128. The summed E-state index contributed by atoms with van der Waals surface area (Å²) < 4.78 is 51.8. The highest BCUT2D eigenvalue weighted by Crippen LogP contribution is 2.34. The highest BCUT2D eigenvalue weighted by atomic mass is 19.3. The SMILES string of the molecule is CCCOC(F)(F)C(C)(F)F. The van der Waals surface area contributed by atoms with Crippen molar-refractivity contribution >= 4 is 0 Å². The van der Waals surface area contributed by atoms with Crippen LogP contribution in [0.2, 0.25) is 0 Å². The number of ether oxygens (including phenoxy) is 1. The molecule has 0 saturated carbocycles. The number of alkyl halides is 4. The summed E-state index contributed by atoms with van der Waals surface area (Å²) in [6, 6.07) is 0. The molecule has 0 bridgehead atoms. The first-order valence-electron chi connectivity index (χ1n) is 3.21. The fourth-order valence-electron chi connectivity index (χ4n) is 0.357. The van der Waals surface area contributed by atoms with E-state index >= 15 is 0 Å². The molecule has 0 rings (SSSR count). The molecular weight excluding hydrogens is 164 g/mol. The standard InChI is InChI=1S/C6H10F4O/c1-3-4-11-6(9,10)5(2,7)8/h3-4H2,1-2H3. The van der Waals surface area contributed by atoms with Crippen LogP contribution in [0.3, 0.4) is 0 Å². The van der Waals surface area contributed by atoms with Crippen molar-refractivity contribution in [2.45, 2.75) is 32.3 Å². The Morgan fingerprint density at radius 1 is 1.18 bits per heavy atom. The van der Waals surface area contributed by atoms with Gasteiger partial charge in [0.15, 0.2) is 0 Å². The second kappa shape index (κ2) is 3.38. The lowest BCUT2D eigenvalue weighted by Gasteiger charge is -2.22. The van der Waals surface area contributed by atoms with Gasteiger partial charge in [0.25, 0.3) is 0 Å². The third kappa shape index (κ3) is 3.05. The molecule has 0 aliphatic carbocycles. The van der Waals surface area contributed by atoms with Gasteiger partial charge >= 0.3 is 12.0 Å². The highest BCUT2D eigenvalue weighted by molar-refractivity contribution is 4.70. The Bertz CT molecular complexity index is 118. The first-order valence-corrected chi connectivity index (χ1v) is 3.21. The normalized spacial score (nSPS) is 13.6. The van der Waals surface area contributed by atoms with Crippen LogP contribution in [0.4, 0.5) is 17.6 Å². The van der Waals surface area contributed by atoms with Gasteiger partial charge < -0.3 is 4.74 Å². The van der Waals surface area contributed by atoms with Gasteiger partial charge in [-0.3, -0.25) is 0 Å². The van der Waals surface area contributed by atoms with E-state index in [-0.39, 0.29) is 20.0 Å². The summed E-state index contributed by atoms with van der Waals surface area (Å²) in [5.41, 5.74) is 0. The van der Waals surface area contributed by atoms with Crippen LogP contribution < -0.4 is 0 Å². The number of halogens is 4. The van der Waals surface area contributed by atoms with Gasteiger partial charge in [-0.25, -0.2) is 0 Å². The Hall–Kier alpha value is -0.320. The molecule has 0 atom stereocenters. The van der Waals surface area contributed by atoms with Crippen molar-refractivity contribution in [2.75, 3.05) is 6.61 Å². The van der Waals surface area contributed by atoms with Crippen molar-refractivity contribution in [3.63, 3.8) is 0 Å². The summed E-state index contributed by atoms with van der Waals surface area (Å²) in [5.74, 6) is -4.11. The van der Waals surface area contributed by atoms with E-state index in [1.54, 1.807) is 6.92 Å². The van der Waals surface area contributed by atoms with Gasteiger partial charge in [-0.05, 0) is 6.42 Å². The van der Waals surface area contributed by atoms with E-state index in [0.717, 1.165) is 0 Å². The smallest absolute Gasteiger partial charge is 0.316 e. The van der Waals surface area contributed by atoms with Crippen LogP contribution in [-0.2, 0) is 4.74 Å². The summed E-state index contributed by atoms with van der Waals surface area (Å²) in [6.45, 7) is 1.32. The Morgan fingerprint density at radius 3 is 1.91 bits per heavy atom. The van der Waals surface area contributed by atoms with Crippen LogP contribution in [0.1, 0.15) is 20.3 Å². The summed E-state index contributed by atoms with van der Waals surface area (Å²) in [4.78, 5) is 0. The summed E-state index contributed by atoms with van der Waals surface area (Å²) in [6.07, 6.45) is -4.06. The van der Waals surface area contributed by atoms with E-state index in [9.17, 15) is 17.6 Å². The molecule has 5 heteroatoms. The van der Waals surface area contributed by atoms with Gasteiger partial charge in [0.2, 0.25) is 0 Å². The zero-order valence-corrected chi connectivity index (χ0v) is 6.33. The average Bonchev–Trinajstić information content (AvgIpc) is 1.81. The third-order valence-corrected chi connectivity index (χ3v) is 0.999. The quantitative estimate of drug-likeness (QED) is 0.595. The first kappa shape index (κ1) is 10.7. The monoisotopic (exact) mass is 174 g/mol. The van der Waals surface area contributed by atoms with E-state index in [0.29, 0.717) is 0 Å². The molecule has 0 unspecified atom stereocenters. The van der Waals surface area contributed by atoms with Crippen LogP contribution in [0, 0.1) is 0 Å². The minimum atomic E-state index is -4.34. The number of hydrogen-bond donors (Lipinski definition) is 0. The van der Waals surface area contributed by atoms with E-state index in [2.05, 4.69) is 4.74 Å². The van der Waals surface area contributed by atoms with Crippen molar-refractivity contribution in [1.29, 1.82) is 0 Å². The largest absolute Gasteiger partial charge is 0.419 e. The van der Waals surface area contributed by atoms with E-state index < -0.39 is 12.0 Å². The Kier molecular flexibility index (Phi) is 3.29. The molecule has 11 heavy (non-hydrogen) atoms. The van der Waals surface area contributed by atoms with Gasteiger partial charge in [-0.1, -0.05) is 6.92 Å². The number of rotatable bonds is 4. The molecule has 0 aromatic heterocycles. The fourth-order valence-corrected chi connectivity index (χ4v) is 0.357. The molecule has 0 N–H and O–H groups in total. The molecular formula is C6H10F4O. The molecule has 0 aliphatic rings. The maximum Gasteiger partial charge on any atom is 0.419 e. The van der Waals surface area contributed by atoms with Crippen molar-refractivity contribution in [3.05, 3.63) is 0 Å². The summed E-state index contributed by atoms with van der Waals surface area (Å²) in [7, 11) is 0. The molecule has 0 fully saturated rings. The van der Waals surface area contributed by atoms with E-state index in [1.807, 2.05) is 0 Å². The fraction of sp³-hybridized carbons (Fsp3) is 1.00. The van der Waals surface area contributed by atoms with Gasteiger partial charge in [0.05, 0.1) is 6.61 Å². The maximum atomic E-state index is 12.1. The summed E-state index contributed by atoms with van der Waals surface area (Å²) in [5, 5.41) is 0. The topological polar surface area (TPSA) is 9.23 Å². The second-order valence-electron chi connectivity index (χ2n) is 2.25. The van der Waals surface area contributed by atoms with Gasteiger partial charge in [0, 0.05) is 6.92 Å². The predicted molar refractivity (Wildman–Crippen MR) is 31.8 cm³/mol. The lowest BCUT2D eigenvalue weighted by molar-refractivity contribution is -0.340. The molecule has 0 aromatic rings. The van der Waals surface area contributed by atoms with Gasteiger partial charge in [0.1, 0.15) is 0 Å². The van der Waals surface area contributed by atoms with Crippen LogP contribution >= 0.6 is 0 Å². The molecule has 0 aliphatic heterocycles. The van der Waals surface area contributed by atoms with E-state index in [4.69, 9.17) is 0 Å². The lowest BCUT2D eigenvalue weighted by Crippen LogP contribution is -2.40. The highest BCUT2D eigenvalue weighted by Gasteiger charge is 2.53. The van der Waals surface area contributed by atoms with Crippen molar-refractivity contribution in [3.8, 4) is 0 Å². The molecule has 0 radical (unpaired) electrons. The average molecular weight is 174 g/mol. The summed E-state index contributed by atoms with van der Waals surface area (Å²) >= 11 is 0. The maximum absolute atomic E-state index is 12.1. The number of hydrogen-bond acceptors (Lipinski definition) is 1. The molecule has 0 heterocycles. The molecule has 0 aromatic carbocycles.